The predicted molar refractivity (Wildman–Crippen MR) is 79.6 cm³/mol. The highest BCUT2D eigenvalue weighted by Crippen LogP contribution is 2.52. The van der Waals surface area contributed by atoms with Crippen LogP contribution in [0.4, 0.5) is 0 Å². The van der Waals surface area contributed by atoms with E-state index in [2.05, 4.69) is 11.4 Å². The summed E-state index contributed by atoms with van der Waals surface area (Å²) < 4.78 is 0. The molecule has 0 aromatic heterocycles. The Bertz CT molecular complexity index is 457. The highest BCUT2D eigenvalue weighted by Gasteiger charge is 2.53. The Morgan fingerprint density at radius 3 is 2.62 bits per heavy atom. The van der Waals surface area contributed by atoms with Crippen molar-refractivity contribution in [2.75, 3.05) is 6.54 Å². The van der Waals surface area contributed by atoms with Crippen molar-refractivity contribution < 1.29 is 14.7 Å². The normalized spacial score (nSPS) is 34.6. The Morgan fingerprint density at radius 2 is 1.95 bits per heavy atom. The summed E-state index contributed by atoms with van der Waals surface area (Å²) in [5.41, 5.74) is 1.45. The summed E-state index contributed by atoms with van der Waals surface area (Å²) in [4.78, 5) is 23.8. The smallest absolute Gasteiger partial charge is 0.307 e. The van der Waals surface area contributed by atoms with Gasteiger partial charge in [-0.1, -0.05) is 11.6 Å². The molecule has 2 fully saturated rings. The van der Waals surface area contributed by atoms with E-state index in [0.29, 0.717) is 12.5 Å². The van der Waals surface area contributed by atoms with Gasteiger partial charge < -0.3 is 10.4 Å². The van der Waals surface area contributed by atoms with Crippen LogP contribution in [-0.2, 0) is 9.59 Å². The van der Waals surface area contributed by atoms with Crippen molar-refractivity contribution in [1.82, 2.24) is 5.32 Å². The molecule has 3 rings (SSSR count). The first-order valence-corrected chi connectivity index (χ1v) is 8.35. The summed E-state index contributed by atoms with van der Waals surface area (Å²) in [5.74, 6) is -1.02. The van der Waals surface area contributed by atoms with Crippen LogP contribution in [0.5, 0.6) is 0 Å². The summed E-state index contributed by atoms with van der Waals surface area (Å²) in [7, 11) is 0. The van der Waals surface area contributed by atoms with E-state index in [-0.39, 0.29) is 17.7 Å². The van der Waals surface area contributed by atoms with Crippen molar-refractivity contribution in [3.8, 4) is 0 Å². The van der Waals surface area contributed by atoms with Gasteiger partial charge in [0.1, 0.15) is 0 Å². The lowest BCUT2D eigenvalue weighted by atomic mass is 9.78. The predicted octanol–water partition coefficient (Wildman–Crippen LogP) is 2.74. The number of allylic oxidation sites excluding steroid dienone is 1. The largest absolute Gasteiger partial charge is 0.481 e. The molecule has 0 aliphatic heterocycles. The van der Waals surface area contributed by atoms with Gasteiger partial charge in [0.25, 0.3) is 0 Å². The number of hydrogen-bond acceptors (Lipinski definition) is 2. The number of hydrogen-bond donors (Lipinski definition) is 2. The van der Waals surface area contributed by atoms with Gasteiger partial charge in [-0.05, 0) is 63.2 Å². The summed E-state index contributed by atoms with van der Waals surface area (Å²) in [6.45, 7) is 0.658. The van der Waals surface area contributed by atoms with Crippen LogP contribution < -0.4 is 5.32 Å². The lowest BCUT2D eigenvalue weighted by molar-refractivity contribution is -0.149. The van der Waals surface area contributed by atoms with Crippen LogP contribution in [0.1, 0.15) is 51.4 Å². The first-order chi connectivity index (χ1) is 10.2. The third kappa shape index (κ3) is 2.99. The third-order valence-corrected chi connectivity index (χ3v) is 5.63. The molecule has 2 N–H and O–H groups in total. The Labute approximate surface area is 126 Å². The molecule has 4 nitrogen and oxygen atoms in total. The number of amides is 1. The second-order valence-corrected chi connectivity index (χ2v) is 6.87. The molecule has 4 heteroatoms. The Balaban J connectivity index is 1.52. The average Bonchev–Trinajstić information content (AvgIpc) is 3.08. The van der Waals surface area contributed by atoms with Gasteiger partial charge in [0.05, 0.1) is 11.8 Å². The van der Waals surface area contributed by atoms with E-state index < -0.39 is 11.9 Å². The van der Waals surface area contributed by atoms with Crippen LogP contribution in [0, 0.1) is 23.7 Å². The number of nitrogens with one attached hydrogen (secondary N) is 1. The van der Waals surface area contributed by atoms with E-state index in [1.54, 1.807) is 0 Å². The number of carboxylic acid groups (broad SMARTS) is 1. The lowest BCUT2D eigenvalue weighted by Crippen LogP contribution is -2.41. The molecule has 0 spiro atoms. The maximum Gasteiger partial charge on any atom is 0.307 e. The first kappa shape index (κ1) is 14.6. The Morgan fingerprint density at radius 1 is 1.19 bits per heavy atom. The van der Waals surface area contributed by atoms with E-state index in [0.717, 1.165) is 38.5 Å². The highest BCUT2D eigenvalue weighted by molar-refractivity contribution is 5.86. The number of carboxylic acids is 1. The molecule has 4 atom stereocenters. The van der Waals surface area contributed by atoms with Crippen LogP contribution >= 0.6 is 0 Å². The fraction of sp³-hybridized carbons (Fsp3) is 0.765. The van der Waals surface area contributed by atoms with Crippen LogP contribution in [-0.4, -0.2) is 23.5 Å². The minimum Gasteiger partial charge on any atom is -0.481 e. The molecule has 1 amide bonds. The number of aliphatic carboxylic acids is 1. The zero-order valence-electron chi connectivity index (χ0n) is 12.5. The molecule has 2 bridgehead atoms. The van der Waals surface area contributed by atoms with Crippen molar-refractivity contribution >= 4 is 11.9 Å². The fourth-order valence-corrected chi connectivity index (χ4v) is 4.62. The number of carbonyl (C=O) groups is 2. The third-order valence-electron chi connectivity index (χ3n) is 5.63. The van der Waals surface area contributed by atoms with Crippen LogP contribution in [0.25, 0.3) is 0 Å². The van der Waals surface area contributed by atoms with Crippen LogP contribution in [0.15, 0.2) is 11.6 Å². The van der Waals surface area contributed by atoms with Gasteiger partial charge in [-0.15, -0.1) is 0 Å². The van der Waals surface area contributed by atoms with Crippen LogP contribution in [0.3, 0.4) is 0 Å². The van der Waals surface area contributed by atoms with Gasteiger partial charge in [-0.3, -0.25) is 9.59 Å². The maximum atomic E-state index is 12.4. The van der Waals surface area contributed by atoms with Crippen LogP contribution in [0.2, 0.25) is 0 Å². The quantitative estimate of drug-likeness (QED) is 0.765. The summed E-state index contributed by atoms with van der Waals surface area (Å²) in [5, 5.41) is 12.4. The SMILES string of the molecule is O=C(NCCC1=CCCCC1)[C@@H]1[C@H]2CC[C@@H](C2)[C@@H]1C(=O)O. The molecule has 21 heavy (non-hydrogen) atoms. The molecule has 3 aliphatic carbocycles. The van der Waals surface area contributed by atoms with E-state index in [1.807, 2.05) is 0 Å². The van der Waals surface area contributed by atoms with Gasteiger partial charge in [0, 0.05) is 6.54 Å². The second-order valence-electron chi connectivity index (χ2n) is 6.87. The van der Waals surface area contributed by atoms with Crippen molar-refractivity contribution in [3.63, 3.8) is 0 Å². The van der Waals surface area contributed by atoms with Gasteiger partial charge >= 0.3 is 5.97 Å². The highest BCUT2D eigenvalue weighted by atomic mass is 16.4. The van der Waals surface area contributed by atoms with Crippen molar-refractivity contribution in [3.05, 3.63) is 11.6 Å². The first-order valence-electron chi connectivity index (χ1n) is 8.35. The zero-order chi connectivity index (χ0) is 14.8. The molecule has 0 aromatic carbocycles. The molecule has 0 unspecified atom stereocenters. The molecule has 2 saturated carbocycles. The van der Waals surface area contributed by atoms with Gasteiger partial charge in [-0.2, -0.15) is 0 Å². The fourth-order valence-electron chi connectivity index (χ4n) is 4.62. The summed E-state index contributed by atoms with van der Waals surface area (Å²) in [6, 6.07) is 0. The van der Waals surface area contributed by atoms with Gasteiger partial charge in [0.2, 0.25) is 5.91 Å². The van der Waals surface area contributed by atoms with Crippen molar-refractivity contribution in [2.24, 2.45) is 23.7 Å². The topological polar surface area (TPSA) is 66.4 Å². The number of carbonyl (C=O) groups excluding carboxylic acids is 1. The minimum absolute atomic E-state index is 0.0222. The molecular weight excluding hydrogens is 266 g/mol. The molecule has 3 aliphatic rings. The molecule has 0 radical (unpaired) electrons. The lowest BCUT2D eigenvalue weighted by Gasteiger charge is -2.27. The summed E-state index contributed by atoms with van der Waals surface area (Å²) in [6.07, 6.45) is 11.0. The Hall–Kier alpha value is -1.32. The number of rotatable bonds is 5. The Kier molecular flexibility index (Phi) is 4.32. The molecule has 0 saturated heterocycles. The van der Waals surface area contributed by atoms with Gasteiger partial charge in [0.15, 0.2) is 0 Å². The minimum atomic E-state index is -0.780. The van der Waals surface area contributed by atoms with E-state index in [1.165, 1.54) is 18.4 Å². The van der Waals surface area contributed by atoms with Crippen molar-refractivity contribution in [1.29, 1.82) is 0 Å². The van der Waals surface area contributed by atoms with E-state index in [9.17, 15) is 14.7 Å². The molecular formula is C17H25NO3. The monoisotopic (exact) mass is 291 g/mol. The van der Waals surface area contributed by atoms with Gasteiger partial charge in [-0.25, -0.2) is 0 Å². The number of fused-ring (bicyclic) bond motifs is 2. The molecule has 0 heterocycles. The van der Waals surface area contributed by atoms with E-state index in [4.69, 9.17) is 0 Å². The zero-order valence-corrected chi connectivity index (χ0v) is 12.5. The summed E-state index contributed by atoms with van der Waals surface area (Å²) >= 11 is 0. The average molecular weight is 291 g/mol. The van der Waals surface area contributed by atoms with E-state index >= 15 is 0 Å². The molecule has 116 valence electrons. The maximum absolute atomic E-state index is 12.4. The van der Waals surface area contributed by atoms with Crippen molar-refractivity contribution in [2.45, 2.75) is 51.4 Å². The standard InChI is InChI=1S/C17H25NO3/c19-16(18-9-8-11-4-2-1-3-5-11)14-12-6-7-13(10-12)15(14)17(20)21/h4,12-15H,1-3,5-10H2,(H,18,19)(H,20,21)/t12-,13-,14+,15-/m0/s1. The second kappa shape index (κ2) is 6.20. The molecule has 0 aromatic rings.